The third-order valence-electron chi connectivity index (χ3n) is 2.42. The van der Waals surface area contributed by atoms with Gasteiger partial charge in [0.05, 0.1) is 4.47 Å². The Morgan fingerprint density at radius 3 is 2.69 bits per heavy atom. The molecular weight excluding hydrogens is 334 g/mol. The van der Waals surface area contributed by atoms with E-state index in [4.69, 9.17) is 0 Å². The van der Waals surface area contributed by atoms with E-state index in [0.29, 0.717) is 9.99 Å². The van der Waals surface area contributed by atoms with Gasteiger partial charge in [-0.1, -0.05) is 29.3 Å². The zero-order valence-electron chi connectivity index (χ0n) is 8.80. The summed E-state index contributed by atoms with van der Waals surface area (Å²) in [5, 5.41) is 10.9. The highest BCUT2D eigenvalue weighted by molar-refractivity contribution is 9.11. The van der Waals surface area contributed by atoms with Gasteiger partial charge in [-0.3, -0.25) is 0 Å². The van der Waals surface area contributed by atoms with Crippen LogP contribution in [-0.2, 0) is 6.42 Å². The van der Waals surface area contributed by atoms with Crippen LogP contribution in [0.4, 0.5) is 0 Å². The number of nitrogens with zero attached hydrogens (tertiary/aromatic N) is 1. The lowest BCUT2D eigenvalue weighted by molar-refractivity contribution is 0.477. The number of phenolic OH excluding ortho intramolecular Hbond substituents is 1. The van der Waals surface area contributed by atoms with E-state index in [-0.39, 0.29) is 5.75 Å². The van der Waals surface area contributed by atoms with Crippen LogP contribution < -0.4 is 0 Å². The molecule has 2 nitrogen and oxygen atoms in total. The number of phenols is 1. The molecule has 0 bridgehead atoms. The summed E-state index contributed by atoms with van der Waals surface area (Å²) in [6.45, 7) is 2.11. The lowest BCUT2D eigenvalue weighted by Gasteiger charge is -2.07. The molecule has 1 aromatic heterocycles. The van der Waals surface area contributed by atoms with Crippen LogP contribution in [0.2, 0.25) is 0 Å². The zero-order chi connectivity index (χ0) is 11.7. The maximum absolute atomic E-state index is 9.95. The van der Waals surface area contributed by atoms with Crippen molar-refractivity contribution in [1.82, 2.24) is 4.98 Å². The van der Waals surface area contributed by atoms with E-state index in [1.54, 1.807) is 0 Å². The van der Waals surface area contributed by atoms with Crippen molar-refractivity contribution in [2.24, 2.45) is 0 Å². The number of benzene rings is 1. The first kappa shape index (κ1) is 11.9. The number of rotatable bonds is 2. The molecule has 0 saturated carbocycles. The number of aromatic hydroxyl groups is 1. The summed E-state index contributed by atoms with van der Waals surface area (Å²) in [7, 11) is 0. The third-order valence-corrected chi connectivity index (χ3v) is 3.68. The fourth-order valence-electron chi connectivity index (χ4n) is 1.64. The van der Waals surface area contributed by atoms with Gasteiger partial charge in [0.1, 0.15) is 5.52 Å². The second-order valence-corrected chi connectivity index (χ2v) is 5.35. The van der Waals surface area contributed by atoms with Crippen molar-refractivity contribution in [1.29, 1.82) is 0 Å². The summed E-state index contributed by atoms with van der Waals surface area (Å²) in [5.74, 6) is 0.205. The highest BCUT2D eigenvalue weighted by Crippen LogP contribution is 2.36. The van der Waals surface area contributed by atoms with E-state index in [0.717, 1.165) is 28.4 Å². The molecule has 0 fully saturated rings. The van der Waals surface area contributed by atoms with Gasteiger partial charge in [0.15, 0.2) is 5.75 Å². The van der Waals surface area contributed by atoms with E-state index < -0.39 is 0 Å². The molecule has 0 aliphatic carbocycles. The summed E-state index contributed by atoms with van der Waals surface area (Å²) < 4.78 is 1.59. The molecule has 4 heteroatoms. The fourth-order valence-corrected chi connectivity index (χ4v) is 2.91. The number of halogens is 2. The first-order chi connectivity index (χ1) is 7.63. The van der Waals surface area contributed by atoms with Gasteiger partial charge in [0.2, 0.25) is 0 Å². The molecule has 0 amide bonds. The van der Waals surface area contributed by atoms with Crippen molar-refractivity contribution in [2.75, 3.05) is 0 Å². The smallest absolute Gasteiger partial charge is 0.156 e. The molecule has 1 N–H and O–H groups in total. The third kappa shape index (κ3) is 2.09. The van der Waals surface area contributed by atoms with E-state index in [1.165, 1.54) is 0 Å². The van der Waals surface area contributed by atoms with Gasteiger partial charge in [0.25, 0.3) is 0 Å². The van der Waals surface area contributed by atoms with E-state index in [1.807, 2.05) is 18.2 Å². The van der Waals surface area contributed by atoms with Crippen LogP contribution in [-0.4, -0.2) is 10.1 Å². The van der Waals surface area contributed by atoms with Gasteiger partial charge >= 0.3 is 0 Å². The highest BCUT2D eigenvalue weighted by Gasteiger charge is 2.10. The van der Waals surface area contributed by atoms with Crippen LogP contribution in [0.1, 0.15) is 19.0 Å². The molecule has 0 saturated heterocycles. The van der Waals surface area contributed by atoms with Crippen molar-refractivity contribution < 1.29 is 5.11 Å². The Balaban J connectivity index is 2.71. The summed E-state index contributed by atoms with van der Waals surface area (Å²) in [6, 6.07) is 5.83. The Morgan fingerprint density at radius 1 is 1.25 bits per heavy atom. The molecule has 0 unspecified atom stereocenters. The Bertz CT molecular complexity index is 540. The summed E-state index contributed by atoms with van der Waals surface area (Å²) in [4.78, 5) is 4.48. The monoisotopic (exact) mass is 343 g/mol. The molecule has 0 radical (unpaired) electrons. The largest absolute Gasteiger partial charge is 0.505 e. The number of pyridine rings is 1. The molecule has 0 spiro atoms. The molecular formula is C12H11Br2NO. The normalized spacial score (nSPS) is 10.9. The van der Waals surface area contributed by atoms with Gasteiger partial charge < -0.3 is 5.11 Å². The standard InChI is InChI=1S/C12H11Br2NO/c1-2-3-7-4-5-8-9(13)6-10(14)12(16)11(8)15-7/h4-6,16H,2-3H2,1H3. The quantitative estimate of drug-likeness (QED) is 0.874. The predicted octanol–water partition coefficient (Wildman–Crippen LogP) is 4.42. The van der Waals surface area contributed by atoms with Crippen molar-refractivity contribution >= 4 is 42.8 Å². The number of hydrogen-bond acceptors (Lipinski definition) is 2. The Morgan fingerprint density at radius 2 is 2.00 bits per heavy atom. The Labute approximate surface area is 111 Å². The minimum Gasteiger partial charge on any atom is -0.505 e. The number of fused-ring (bicyclic) bond motifs is 1. The Hall–Kier alpha value is -0.610. The molecule has 16 heavy (non-hydrogen) atoms. The van der Waals surface area contributed by atoms with Gasteiger partial charge in [-0.25, -0.2) is 4.98 Å². The molecule has 2 aromatic rings. The van der Waals surface area contributed by atoms with Crippen LogP contribution in [0.25, 0.3) is 10.9 Å². The minimum absolute atomic E-state index is 0.205. The lowest BCUT2D eigenvalue weighted by atomic mass is 10.1. The van der Waals surface area contributed by atoms with Crippen LogP contribution in [0.15, 0.2) is 27.1 Å². The molecule has 0 aliphatic rings. The van der Waals surface area contributed by atoms with Crippen molar-refractivity contribution in [2.45, 2.75) is 19.8 Å². The number of aromatic nitrogens is 1. The maximum Gasteiger partial charge on any atom is 0.156 e. The lowest BCUT2D eigenvalue weighted by Crippen LogP contribution is -1.91. The summed E-state index contributed by atoms with van der Waals surface area (Å²) >= 11 is 6.77. The van der Waals surface area contributed by atoms with E-state index in [2.05, 4.69) is 43.8 Å². The van der Waals surface area contributed by atoms with Crippen LogP contribution in [0.3, 0.4) is 0 Å². The van der Waals surface area contributed by atoms with Crippen molar-refractivity contribution in [3.05, 3.63) is 32.8 Å². The second-order valence-electron chi connectivity index (χ2n) is 3.64. The summed E-state index contributed by atoms with van der Waals surface area (Å²) in [5.41, 5.74) is 1.66. The van der Waals surface area contributed by atoms with Gasteiger partial charge in [0, 0.05) is 15.6 Å². The zero-order valence-corrected chi connectivity index (χ0v) is 12.0. The van der Waals surface area contributed by atoms with Gasteiger partial charge in [-0.05, 0) is 40.5 Å². The summed E-state index contributed by atoms with van der Waals surface area (Å²) in [6.07, 6.45) is 1.98. The Kier molecular flexibility index (Phi) is 3.50. The van der Waals surface area contributed by atoms with Gasteiger partial charge in [-0.2, -0.15) is 0 Å². The van der Waals surface area contributed by atoms with Crippen molar-refractivity contribution in [3.63, 3.8) is 0 Å². The first-order valence-electron chi connectivity index (χ1n) is 5.10. The fraction of sp³-hybridized carbons (Fsp3) is 0.250. The minimum atomic E-state index is 0.205. The van der Waals surface area contributed by atoms with Crippen LogP contribution in [0, 0.1) is 0 Å². The van der Waals surface area contributed by atoms with Crippen LogP contribution in [0.5, 0.6) is 5.75 Å². The van der Waals surface area contributed by atoms with Gasteiger partial charge in [-0.15, -0.1) is 0 Å². The van der Waals surface area contributed by atoms with Crippen LogP contribution >= 0.6 is 31.9 Å². The topological polar surface area (TPSA) is 33.1 Å². The first-order valence-corrected chi connectivity index (χ1v) is 6.68. The molecule has 0 aliphatic heterocycles. The number of hydrogen-bond donors (Lipinski definition) is 1. The number of aryl methyl sites for hydroxylation is 1. The van der Waals surface area contributed by atoms with E-state index >= 15 is 0 Å². The highest BCUT2D eigenvalue weighted by atomic mass is 79.9. The molecule has 0 atom stereocenters. The SMILES string of the molecule is CCCc1ccc2c(Br)cc(Br)c(O)c2n1. The average Bonchev–Trinajstić information content (AvgIpc) is 2.26. The molecule has 1 aromatic carbocycles. The molecule has 1 heterocycles. The maximum atomic E-state index is 9.95. The second kappa shape index (κ2) is 4.72. The molecule has 84 valence electrons. The molecule has 2 rings (SSSR count). The van der Waals surface area contributed by atoms with Crippen molar-refractivity contribution in [3.8, 4) is 5.75 Å². The average molecular weight is 345 g/mol. The predicted molar refractivity (Wildman–Crippen MR) is 72.8 cm³/mol. The van der Waals surface area contributed by atoms with E-state index in [9.17, 15) is 5.11 Å².